The third-order valence-electron chi connectivity index (χ3n) is 9.56. The third kappa shape index (κ3) is 3.00. The van der Waals surface area contributed by atoms with Crippen LogP contribution in [0.1, 0.15) is 0 Å². The highest BCUT2D eigenvalue weighted by Gasteiger charge is 2.20. The molecule has 0 saturated heterocycles. The molecule has 0 unspecified atom stereocenters. The lowest BCUT2D eigenvalue weighted by Crippen LogP contribution is -2.14. The quantitative estimate of drug-likeness (QED) is 0.151. The van der Waals surface area contributed by atoms with Crippen LogP contribution in [0.4, 0.5) is 0 Å². The largest absolute Gasteiger partial charge is 0.308 e. The molecule has 0 amide bonds. The van der Waals surface area contributed by atoms with E-state index in [9.17, 15) is 19.2 Å². The second-order valence-corrected chi connectivity index (χ2v) is 11.9. The van der Waals surface area contributed by atoms with Crippen molar-refractivity contribution in [2.75, 3.05) is 0 Å². The summed E-state index contributed by atoms with van der Waals surface area (Å²) in [6, 6.07) is 36.9. The fraction of sp³-hybridized carbons (Fsp3) is 0. The Bertz CT molecular complexity index is 3110. The number of rotatable bonds is 1. The minimum absolute atomic E-state index is 0.118. The lowest BCUT2D eigenvalue weighted by Gasteiger charge is -2.17. The Kier molecular flexibility index (Phi) is 4.68. The van der Waals surface area contributed by atoms with E-state index in [1.807, 2.05) is 99.8 Å². The topological polar surface area (TPSA) is 77.1 Å². The maximum absolute atomic E-state index is 14.0. The van der Waals surface area contributed by atoms with Gasteiger partial charge in [-0.2, -0.15) is 0 Å². The van der Waals surface area contributed by atoms with E-state index >= 15 is 0 Å². The van der Waals surface area contributed by atoms with Crippen molar-refractivity contribution >= 4 is 76.2 Å². The van der Waals surface area contributed by atoms with Gasteiger partial charge in [0.1, 0.15) is 0 Å². The first-order chi connectivity index (χ1) is 22.5. The van der Waals surface area contributed by atoms with Gasteiger partial charge in [-0.3, -0.25) is 19.2 Å². The lowest BCUT2D eigenvalue weighted by molar-refractivity contribution is 1.30. The number of fused-ring (bicyclic) bond motifs is 8. The van der Waals surface area contributed by atoms with Crippen LogP contribution in [0.5, 0.6) is 0 Å². The maximum atomic E-state index is 14.0. The molecule has 214 valence electrons. The van der Waals surface area contributed by atoms with Gasteiger partial charge in [-0.05, 0) is 83.9 Å². The molecule has 0 bridgehead atoms. The Morgan fingerprint density at radius 2 is 0.696 bits per heavy atom. The van der Waals surface area contributed by atoms with Crippen molar-refractivity contribution in [3.8, 4) is 11.1 Å². The molecule has 6 heteroatoms. The van der Waals surface area contributed by atoms with Gasteiger partial charge in [0.05, 0.1) is 33.1 Å². The van der Waals surface area contributed by atoms with Crippen molar-refractivity contribution in [3.05, 3.63) is 162 Å². The number of hydrogen-bond donors (Lipinski definition) is 0. The molecule has 46 heavy (non-hydrogen) atoms. The molecule has 4 aromatic heterocycles. The predicted octanol–water partition coefficient (Wildman–Crippen LogP) is 7.09. The molecule has 0 spiro atoms. The first-order valence-corrected chi connectivity index (χ1v) is 15.0. The molecule has 0 aliphatic rings. The molecule has 0 N–H and O–H groups in total. The average molecular weight is 593 g/mol. The van der Waals surface area contributed by atoms with E-state index in [1.54, 1.807) is 30.3 Å². The van der Waals surface area contributed by atoms with Crippen molar-refractivity contribution in [2.24, 2.45) is 0 Å². The summed E-state index contributed by atoms with van der Waals surface area (Å²) in [6.07, 6.45) is 0. The van der Waals surface area contributed by atoms with Crippen LogP contribution in [-0.4, -0.2) is 8.80 Å². The van der Waals surface area contributed by atoms with E-state index < -0.39 is 0 Å². The van der Waals surface area contributed by atoms with Crippen molar-refractivity contribution in [1.29, 1.82) is 0 Å². The smallest absolute Gasteiger partial charge is 0.197 e. The summed E-state index contributed by atoms with van der Waals surface area (Å²) in [5, 5.41) is 4.06. The molecule has 6 aromatic carbocycles. The normalized spacial score (nSPS) is 12.3. The Morgan fingerprint density at radius 1 is 0.304 bits per heavy atom. The van der Waals surface area contributed by atoms with E-state index in [-0.39, 0.29) is 21.7 Å². The summed E-state index contributed by atoms with van der Waals surface area (Å²) in [5.41, 5.74) is 4.86. The molecule has 0 atom stereocenters. The van der Waals surface area contributed by atoms with Gasteiger partial charge in [-0.15, -0.1) is 0 Å². The zero-order valence-electron chi connectivity index (χ0n) is 24.1. The van der Waals surface area contributed by atoms with Crippen LogP contribution < -0.4 is 21.7 Å². The summed E-state index contributed by atoms with van der Waals surface area (Å²) < 4.78 is 4.02. The molecule has 0 fully saturated rings. The first kappa shape index (κ1) is 25.0. The molecule has 0 saturated carbocycles. The van der Waals surface area contributed by atoms with E-state index in [1.165, 1.54) is 0 Å². The Balaban J connectivity index is 1.40. The zero-order valence-corrected chi connectivity index (χ0v) is 24.1. The summed E-state index contributed by atoms with van der Waals surface area (Å²) in [7, 11) is 0. The third-order valence-corrected chi connectivity index (χ3v) is 9.56. The summed E-state index contributed by atoms with van der Waals surface area (Å²) in [5.74, 6) is 0. The van der Waals surface area contributed by atoms with Gasteiger partial charge in [-0.1, -0.05) is 48.5 Å². The Morgan fingerprint density at radius 3 is 1.22 bits per heavy atom. The fourth-order valence-corrected chi connectivity index (χ4v) is 7.53. The number of aromatic nitrogens is 2. The molecule has 0 radical (unpaired) electrons. The van der Waals surface area contributed by atoms with Gasteiger partial charge in [0.25, 0.3) is 0 Å². The van der Waals surface area contributed by atoms with Gasteiger partial charge in [0.15, 0.2) is 21.7 Å². The van der Waals surface area contributed by atoms with Crippen molar-refractivity contribution in [2.45, 2.75) is 0 Å². The lowest BCUT2D eigenvalue weighted by atomic mass is 9.96. The van der Waals surface area contributed by atoms with Crippen molar-refractivity contribution < 1.29 is 0 Å². The Labute approximate surface area is 257 Å². The highest BCUT2D eigenvalue weighted by Crippen LogP contribution is 2.34. The molecule has 0 aliphatic carbocycles. The van der Waals surface area contributed by atoms with Gasteiger partial charge in [0, 0.05) is 43.1 Å². The number of benzene rings is 6. The van der Waals surface area contributed by atoms with Gasteiger partial charge in [-0.25, -0.2) is 0 Å². The molecular formula is C40H20N2O4. The highest BCUT2D eigenvalue weighted by molar-refractivity contribution is 6.11. The van der Waals surface area contributed by atoms with Gasteiger partial charge >= 0.3 is 0 Å². The highest BCUT2D eigenvalue weighted by atomic mass is 16.1. The van der Waals surface area contributed by atoms with Crippen molar-refractivity contribution in [1.82, 2.24) is 8.80 Å². The van der Waals surface area contributed by atoms with Crippen LogP contribution in [-0.2, 0) is 0 Å². The Hall–Kier alpha value is -6.40. The van der Waals surface area contributed by atoms with E-state index in [2.05, 4.69) is 0 Å². The maximum Gasteiger partial charge on any atom is 0.197 e. The van der Waals surface area contributed by atoms with Crippen LogP contribution in [0.3, 0.4) is 0 Å². The standard InChI is InChI=1S/C40H20N2O4/c43-37-23-8-1-6-15-33(23)42-34-20-21(16-17-26(34)38(44)28-12-7-11-27(37)35(28)42)22-18-29-36-30(19-22)40(46)25-10-3-5-14-32(25)41(36)31-13-4-2-9-24(31)39(29)45/h1-20H. The van der Waals surface area contributed by atoms with Gasteiger partial charge < -0.3 is 8.80 Å². The number of hydrogen-bond acceptors (Lipinski definition) is 4. The minimum atomic E-state index is -0.156. The molecular weight excluding hydrogens is 572 g/mol. The monoisotopic (exact) mass is 592 g/mol. The second-order valence-electron chi connectivity index (χ2n) is 11.9. The number of para-hydroxylation sites is 4. The van der Waals surface area contributed by atoms with E-state index in [0.717, 1.165) is 16.6 Å². The first-order valence-electron chi connectivity index (χ1n) is 15.0. The molecule has 0 aliphatic heterocycles. The second kappa shape index (κ2) is 8.61. The predicted molar refractivity (Wildman–Crippen MR) is 186 cm³/mol. The van der Waals surface area contributed by atoms with Crippen LogP contribution in [0, 0.1) is 0 Å². The summed E-state index contributed by atoms with van der Waals surface area (Å²) >= 11 is 0. The minimum Gasteiger partial charge on any atom is -0.308 e. The van der Waals surface area contributed by atoms with E-state index in [0.29, 0.717) is 70.7 Å². The van der Waals surface area contributed by atoms with Crippen molar-refractivity contribution in [3.63, 3.8) is 0 Å². The molecule has 10 aromatic rings. The van der Waals surface area contributed by atoms with Crippen LogP contribution in [0.15, 0.2) is 141 Å². The summed E-state index contributed by atoms with van der Waals surface area (Å²) in [6.45, 7) is 0. The van der Waals surface area contributed by atoms with Gasteiger partial charge in [0.2, 0.25) is 0 Å². The van der Waals surface area contributed by atoms with E-state index in [4.69, 9.17) is 0 Å². The molecule has 10 rings (SSSR count). The SMILES string of the molecule is O=c1c2ccccc2n2c3ccccc3c(=O)c3cc(-c4ccc5c(=O)c6cccc7c(=O)c8ccccc8n(c5c4)c76)cc1c32. The molecule has 6 nitrogen and oxygen atoms in total. The molecule has 4 heterocycles. The number of pyridine rings is 4. The fourth-order valence-electron chi connectivity index (χ4n) is 7.53. The van der Waals surface area contributed by atoms with Crippen LogP contribution >= 0.6 is 0 Å². The average Bonchev–Trinajstić information content (AvgIpc) is 3.10. The number of nitrogens with zero attached hydrogens (tertiary/aromatic N) is 2. The van der Waals surface area contributed by atoms with Crippen LogP contribution in [0.2, 0.25) is 0 Å². The zero-order chi connectivity index (χ0) is 30.8. The van der Waals surface area contributed by atoms with Crippen LogP contribution in [0.25, 0.3) is 87.3 Å². The summed E-state index contributed by atoms with van der Waals surface area (Å²) in [4.78, 5) is 55.5.